The summed E-state index contributed by atoms with van der Waals surface area (Å²) in [5.41, 5.74) is 0.538. The van der Waals surface area contributed by atoms with Gasteiger partial charge in [0, 0.05) is 13.1 Å². The highest BCUT2D eigenvalue weighted by Crippen LogP contribution is 2.14. The Morgan fingerprint density at radius 3 is 3.10 bits per heavy atom. The molecule has 0 amide bonds. The summed E-state index contributed by atoms with van der Waals surface area (Å²) in [6, 6.07) is 8.92. The molecule has 1 aromatic rings. The maximum Gasteiger partial charge on any atom is 0.120 e. The Labute approximate surface area is 119 Å². The van der Waals surface area contributed by atoms with E-state index in [0.717, 1.165) is 19.4 Å². The maximum absolute atomic E-state index is 9.96. The van der Waals surface area contributed by atoms with Crippen molar-refractivity contribution in [1.82, 2.24) is 4.90 Å². The van der Waals surface area contributed by atoms with Gasteiger partial charge < -0.3 is 14.9 Å². The number of hydrogen-bond donors (Lipinski definition) is 2. The van der Waals surface area contributed by atoms with Gasteiger partial charge in [-0.25, -0.2) is 0 Å². The zero-order valence-corrected chi connectivity index (χ0v) is 11.4. The predicted octanol–water partition coefficient (Wildman–Crippen LogP) is 0.755. The minimum atomic E-state index is -0.606. The van der Waals surface area contributed by atoms with E-state index in [1.54, 1.807) is 24.3 Å². The van der Waals surface area contributed by atoms with E-state index >= 15 is 0 Å². The van der Waals surface area contributed by atoms with Crippen LogP contribution in [-0.4, -0.2) is 53.6 Å². The number of hydrogen-bond acceptors (Lipinski definition) is 5. The SMILES string of the molecule is N#Cc1cccc(OCC(O)CN2CCCC(O)C2)c1. The number of nitriles is 1. The highest BCUT2D eigenvalue weighted by Gasteiger charge is 2.20. The Kier molecular flexibility index (Phi) is 5.36. The summed E-state index contributed by atoms with van der Waals surface area (Å²) >= 11 is 0. The van der Waals surface area contributed by atoms with E-state index in [1.807, 2.05) is 11.0 Å². The number of β-amino-alcohol motifs (C(OH)–C–C–N with tert-alkyl or cyclic N) is 2. The zero-order chi connectivity index (χ0) is 14.4. The van der Waals surface area contributed by atoms with E-state index in [1.165, 1.54) is 0 Å². The molecule has 0 saturated carbocycles. The van der Waals surface area contributed by atoms with Crippen molar-refractivity contribution in [3.8, 4) is 11.8 Å². The number of piperidine rings is 1. The largest absolute Gasteiger partial charge is 0.491 e. The van der Waals surface area contributed by atoms with Crippen LogP contribution in [0, 0.1) is 11.3 Å². The fraction of sp³-hybridized carbons (Fsp3) is 0.533. The molecule has 1 saturated heterocycles. The molecule has 5 heteroatoms. The minimum Gasteiger partial charge on any atom is -0.491 e. The van der Waals surface area contributed by atoms with E-state index in [9.17, 15) is 10.2 Å². The summed E-state index contributed by atoms with van der Waals surface area (Å²) in [6.45, 7) is 2.19. The van der Waals surface area contributed by atoms with Gasteiger partial charge in [0.15, 0.2) is 0 Å². The van der Waals surface area contributed by atoms with Crippen LogP contribution in [0.4, 0.5) is 0 Å². The second-order valence-corrected chi connectivity index (χ2v) is 5.16. The van der Waals surface area contributed by atoms with Crippen molar-refractivity contribution < 1.29 is 14.9 Å². The second-order valence-electron chi connectivity index (χ2n) is 5.16. The topological polar surface area (TPSA) is 76.7 Å². The number of rotatable bonds is 5. The molecule has 0 radical (unpaired) electrons. The lowest BCUT2D eigenvalue weighted by molar-refractivity contribution is 0.0243. The van der Waals surface area contributed by atoms with E-state index < -0.39 is 6.10 Å². The first-order chi connectivity index (χ1) is 9.67. The van der Waals surface area contributed by atoms with E-state index in [4.69, 9.17) is 10.00 Å². The molecule has 2 N–H and O–H groups in total. The van der Waals surface area contributed by atoms with Gasteiger partial charge in [-0.05, 0) is 37.6 Å². The molecule has 0 spiro atoms. The van der Waals surface area contributed by atoms with Crippen molar-refractivity contribution >= 4 is 0 Å². The molecule has 20 heavy (non-hydrogen) atoms. The molecule has 2 unspecified atom stereocenters. The molecule has 0 bridgehead atoms. The van der Waals surface area contributed by atoms with Gasteiger partial charge in [0.1, 0.15) is 18.5 Å². The normalized spacial score (nSPS) is 21.1. The van der Waals surface area contributed by atoms with Gasteiger partial charge in [-0.2, -0.15) is 5.26 Å². The first-order valence-electron chi connectivity index (χ1n) is 6.89. The highest BCUT2D eigenvalue weighted by atomic mass is 16.5. The molecule has 1 aromatic carbocycles. The minimum absolute atomic E-state index is 0.182. The Hall–Kier alpha value is -1.61. The van der Waals surface area contributed by atoms with Crippen molar-refractivity contribution in [2.24, 2.45) is 0 Å². The van der Waals surface area contributed by atoms with Crippen LogP contribution in [-0.2, 0) is 0 Å². The van der Waals surface area contributed by atoms with Crippen LogP contribution in [0.5, 0.6) is 5.75 Å². The van der Waals surface area contributed by atoms with Gasteiger partial charge >= 0.3 is 0 Å². The maximum atomic E-state index is 9.96. The fourth-order valence-electron chi connectivity index (χ4n) is 2.40. The van der Waals surface area contributed by atoms with Gasteiger partial charge in [0.25, 0.3) is 0 Å². The Morgan fingerprint density at radius 2 is 2.35 bits per heavy atom. The molecule has 1 fully saturated rings. The van der Waals surface area contributed by atoms with E-state index in [-0.39, 0.29) is 12.7 Å². The number of nitrogens with zero attached hydrogens (tertiary/aromatic N) is 2. The second kappa shape index (κ2) is 7.25. The number of likely N-dealkylation sites (tertiary alicyclic amines) is 1. The lowest BCUT2D eigenvalue weighted by Gasteiger charge is -2.31. The molecule has 2 rings (SSSR count). The van der Waals surface area contributed by atoms with Crippen LogP contribution < -0.4 is 4.74 Å². The molecular formula is C15H20N2O3. The summed E-state index contributed by atoms with van der Waals surface area (Å²) in [5.74, 6) is 0.585. The molecule has 0 aliphatic carbocycles. The molecule has 2 atom stereocenters. The van der Waals surface area contributed by atoms with Crippen LogP contribution in [0.1, 0.15) is 18.4 Å². The number of ether oxygens (including phenoxy) is 1. The van der Waals surface area contributed by atoms with Crippen LogP contribution >= 0.6 is 0 Å². The molecule has 0 aromatic heterocycles. The number of benzene rings is 1. The van der Waals surface area contributed by atoms with Crippen LogP contribution in [0.3, 0.4) is 0 Å². The summed E-state index contributed by atoms with van der Waals surface area (Å²) in [7, 11) is 0. The highest BCUT2D eigenvalue weighted by molar-refractivity contribution is 5.36. The Bertz CT molecular complexity index is 472. The Morgan fingerprint density at radius 1 is 1.50 bits per heavy atom. The van der Waals surface area contributed by atoms with E-state index in [0.29, 0.717) is 24.4 Å². The van der Waals surface area contributed by atoms with Crippen molar-refractivity contribution in [2.45, 2.75) is 25.0 Å². The average molecular weight is 276 g/mol. The summed E-state index contributed by atoms with van der Waals surface area (Å²) < 4.78 is 5.49. The van der Waals surface area contributed by atoms with Crippen molar-refractivity contribution in [1.29, 1.82) is 5.26 Å². The standard InChI is InChI=1S/C15H20N2O3/c16-8-12-3-1-5-15(7-12)20-11-14(19)10-17-6-2-4-13(18)9-17/h1,3,5,7,13-14,18-19H,2,4,6,9-11H2. The Balaban J connectivity index is 1.77. The van der Waals surface area contributed by atoms with Crippen LogP contribution in [0.2, 0.25) is 0 Å². The predicted molar refractivity (Wildman–Crippen MR) is 74.3 cm³/mol. The molecule has 1 aliphatic rings. The monoisotopic (exact) mass is 276 g/mol. The zero-order valence-electron chi connectivity index (χ0n) is 11.4. The fourth-order valence-corrected chi connectivity index (χ4v) is 2.40. The molecular weight excluding hydrogens is 256 g/mol. The average Bonchev–Trinajstić information content (AvgIpc) is 2.45. The van der Waals surface area contributed by atoms with Gasteiger partial charge in [-0.1, -0.05) is 6.07 Å². The first kappa shape index (κ1) is 14.8. The third kappa shape index (κ3) is 4.49. The van der Waals surface area contributed by atoms with Crippen molar-refractivity contribution in [3.05, 3.63) is 29.8 Å². The third-order valence-corrected chi connectivity index (χ3v) is 3.36. The van der Waals surface area contributed by atoms with Gasteiger partial charge in [-0.15, -0.1) is 0 Å². The molecule has 1 heterocycles. The lowest BCUT2D eigenvalue weighted by atomic mass is 10.1. The van der Waals surface area contributed by atoms with Gasteiger partial charge in [0.2, 0.25) is 0 Å². The van der Waals surface area contributed by atoms with Crippen molar-refractivity contribution in [3.63, 3.8) is 0 Å². The van der Waals surface area contributed by atoms with Gasteiger partial charge in [-0.3, -0.25) is 4.90 Å². The van der Waals surface area contributed by atoms with Crippen molar-refractivity contribution in [2.75, 3.05) is 26.2 Å². The summed E-state index contributed by atoms with van der Waals surface area (Å²) in [6.07, 6.45) is 0.901. The summed E-state index contributed by atoms with van der Waals surface area (Å²) in [4.78, 5) is 2.05. The number of aliphatic hydroxyl groups excluding tert-OH is 2. The van der Waals surface area contributed by atoms with Gasteiger partial charge in [0.05, 0.1) is 17.7 Å². The lowest BCUT2D eigenvalue weighted by Crippen LogP contribution is -2.43. The van der Waals surface area contributed by atoms with Crippen LogP contribution in [0.25, 0.3) is 0 Å². The third-order valence-electron chi connectivity index (χ3n) is 3.36. The molecule has 5 nitrogen and oxygen atoms in total. The molecule has 1 aliphatic heterocycles. The summed E-state index contributed by atoms with van der Waals surface area (Å²) in [5, 5.41) is 28.3. The number of aliphatic hydroxyl groups is 2. The quantitative estimate of drug-likeness (QED) is 0.830. The van der Waals surface area contributed by atoms with E-state index in [2.05, 4.69) is 0 Å². The van der Waals surface area contributed by atoms with Crippen LogP contribution in [0.15, 0.2) is 24.3 Å². The molecule has 108 valence electrons. The smallest absolute Gasteiger partial charge is 0.120 e. The first-order valence-corrected chi connectivity index (χ1v) is 6.89.